The summed E-state index contributed by atoms with van der Waals surface area (Å²) in [6.07, 6.45) is 1.33. The Morgan fingerprint density at radius 3 is 2.89 bits per heavy atom. The van der Waals surface area contributed by atoms with Gasteiger partial charge in [0.1, 0.15) is 23.4 Å². The number of aromatic amines is 1. The molecule has 0 saturated heterocycles. The van der Waals surface area contributed by atoms with E-state index in [4.69, 9.17) is 17.3 Å². The topological polar surface area (TPSA) is 101 Å². The summed E-state index contributed by atoms with van der Waals surface area (Å²) in [6.45, 7) is 0. The Morgan fingerprint density at radius 2 is 2.11 bits per heavy atom. The number of aromatic nitrogens is 4. The first-order valence-electron chi connectivity index (χ1n) is 5.10. The number of halogens is 1. The van der Waals surface area contributed by atoms with Crippen molar-refractivity contribution in [2.24, 2.45) is 0 Å². The van der Waals surface area contributed by atoms with Crippen LogP contribution in [0.1, 0.15) is 0 Å². The third kappa shape index (κ3) is 1.63. The van der Waals surface area contributed by atoms with Gasteiger partial charge in [-0.25, -0.2) is 15.0 Å². The van der Waals surface area contributed by atoms with Crippen LogP contribution in [-0.2, 0) is 0 Å². The van der Waals surface area contributed by atoms with E-state index in [9.17, 15) is 5.11 Å². The van der Waals surface area contributed by atoms with Crippen molar-refractivity contribution in [3.8, 4) is 17.1 Å². The summed E-state index contributed by atoms with van der Waals surface area (Å²) in [5.41, 5.74) is 7.17. The second kappa shape index (κ2) is 3.85. The zero-order valence-electron chi connectivity index (χ0n) is 9.05. The smallest absolute Gasteiger partial charge is 0.183 e. The standard InChI is InChI=1S/C11H8ClN5O/c12-5-1-2-7(18)6(3-5)10-16-8-9(13)14-4-15-11(8)17-10/h1-4,18H,(H3,13,14,15,16,17). The third-order valence-electron chi connectivity index (χ3n) is 2.53. The molecule has 0 bridgehead atoms. The molecule has 0 atom stereocenters. The zero-order chi connectivity index (χ0) is 12.7. The average Bonchev–Trinajstić information content (AvgIpc) is 2.77. The lowest BCUT2D eigenvalue weighted by Gasteiger charge is -2.00. The Labute approximate surface area is 106 Å². The third-order valence-corrected chi connectivity index (χ3v) is 2.77. The van der Waals surface area contributed by atoms with Crippen LogP contribution in [0.25, 0.3) is 22.6 Å². The fourth-order valence-electron chi connectivity index (χ4n) is 1.67. The Bertz CT molecular complexity index is 739. The van der Waals surface area contributed by atoms with Crippen molar-refractivity contribution in [3.05, 3.63) is 29.5 Å². The minimum Gasteiger partial charge on any atom is -0.507 e. The number of aromatic hydroxyl groups is 1. The molecule has 0 fully saturated rings. The molecule has 0 radical (unpaired) electrons. The summed E-state index contributed by atoms with van der Waals surface area (Å²) in [6, 6.07) is 4.70. The van der Waals surface area contributed by atoms with Gasteiger partial charge in [-0.3, -0.25) is 0 Å². The van der Waals surface area contributed by atoms with Crippen LogP contribution >= 0.6 is 11.6 Å². The first-order valence-corrected chi connectivity index (χ1v) is 5.48. The van der Waals surface area contributed by atoms with Gasteiger partial charge < -0.3 is 15.8 Å². The van der Waals surface area contributed by atoms with Crippen LogP contribution in [0, 0.1) is 0 Å². The Hall–Kier alpha value is -2.34. The van der Waals surface area contributed by atoms with Gasteiger partial charge in [-0.05, 0) is 18.2 Å². The second-order valence-corrected chi connectivity index (χ2v) is 4.14. The number of anilines is 1. The van der Waals surface area contributed by atoms with Crippen molar-refractivity contribution < 1.29 is 5.11 Å². The van der Waals surface area contributed by atoms with Gasteiger partial charge in [-0.15, -0.1) is 0 Å². The molecule has 2 aromatic heterocycles. The minimum absolute atomic E-state index is 0.0741. The van der Waals surface area contributed by atoms with E-state index < -0.39 is 0 Å². The van der Waals surface area contributed by atoms with Crippen molar-refractivity contribution in [1.82, 2.24) is 19.9 Å². The molecule has 7 heteroatoms. The summed E-state index contributed by atoms with van der Waals surface area (Å²) in [7, 11) is 0. The fraction of sp³-hybridized carbons (Fsp3) is 0. The highest BCUT2D eigenvalue weighted by atomic mass is 35.5. The lowest BCUT2D eigenvalue weighted by atomic mass is 10.2. The second-order valence-electron chi connectivity index (χ2n) is 3.70. The van der Waals surface area contributed by atoms with E-state index in [0.29, 0.717) is 33.4 Å². The van der Waals surface area contributed by atoms with Crippen molar-refractivity contribution >= 4 is 28.6 Å². The van der Waals surface area contributed by atoms with Crippen molar-refractivity contribution in [1.29, 1.82) is 0 Å². The fourth-order valence-corrected chi connectivity index (χ4v) is 1.84. The molecule has 0 saturated carbocycles. The molecule has 0 amide bonds. The zero-order valence-corrected chi connectivity index (χ0v) is 9.81. The molecule has 90 valence electrons. The molecule has 2 heterocycles. The summed E-state index contributed by atoms with van der Waals surface area (Å²) < 4.78 is 0. The number of fused-ring (bicyclic) bond motifs is 1. The Balaban J connectivity index is 2.26. The lowest BCUT2D eigenvalue weighted by molar-refractivity contribution is 0.477. The molecule has 0 aliphatic carbocycles. The molecule has 0 unspecified atom stereocenters. The molecule has 0 aliphatic heterocycles. The van der Waals surface area contributed by atoms with E-state index in [1.807, 2.05) is 0 Å². The van der Waals surface area contributed by atoms with Crippen LogP contribution in [0.2, 0.25) is 5.02 Å². The molecule has 18 heavy (non-hydrogen) atoms. The first-order chi connectivity index (χ1) is 8.65. The Morgan fingerprint density at radius 1 is 1.28 bits per heavy atom. The summed E-state index contributed by atoms with van der Waals surface area (Å²) in [5.74, 6) is 0.822. The van der Waals surface area contributed by atoms with Gasteiger partial charge in [0.05, 0.1) is 5.56 Å². The first kappa shape index (κ1) is 10.8. The number of nitrogens with zero attached hydrogens (tertiary/aromatic N) is 3. The minimum atomic E-state index is 0.0741. The van der Waals surface area contributed by atoms with Crippen LogP contribution in [0.15, 0.2) is 24.5 Å². The summed E-state index contributed by atoms with van der Waals surface area (Å²) in [5, 5.41) is 10.3. The highest BCUT2D eigenvalue weighted by Gasteiger charge is 2.12. The van der Waals surface area contributed by atoms with Gasteiger partial charge in [-0.2, -0.15) is 0 Å². The molecule has 1 aromatic carbocycles. The molecule has 3 rings (SSSR count). The van der Waals surface area contributed by atoms with E-state index in [1.54, 1.807) is 12.1 Å². The van der Waals surface area contributed by atoms with Crippen LogP contribution in [0.5, 0.6) is 5.75 Å². The maximum absolute atomic E-state index is 9.80. The number of phenolic OH excluding ortho intramolecular Hbond substituents is 1. The van der Waals surface area contributed by atoms with Crippen LogP contribution in [0.4, 0.5) is 5.82 Å². The number of hydrogen-bond acceptors (Lipinski definition) is 5. The van der Waals surface area contributed by atoms with E-state index >= 15 is 0 Å². The van der Waals surface area contributed by atoms with Crippen LogP contribution < -0.4 is 5.73 Å². The number of nitrogens with one attached hydrogen (secondary N) is 1. The number of phenols is 1. The lowest BCUT2D eigenvalue weighted by Crippen LogP contribution is -1.91. The molecule has 6 nitrogen and oxygen atoms in total. The van der Waals surface area contributed by atoms with Crippen molar-refractivity contribution in [2.45, 2.75) is 0 Å². The predicted octanol–water partition coefficient (Wildman–Crippen LogP) is 1.96. The number of nitrogen functional groups attached to an aromatic ring is 1. The number of imidazole rings is 1. The van der Waals surface area contributed by atoms with E-state index in [1.165, 1.54) is 12.4 Å². The SMILES string of the molecule is Nc1ncnc2nc(-c3cc(Cl)ccc3O)[nH]c12. The maximum atomic E-state index is 9.80. The van der Waals surface area contributed by atoms with Gasteiger partial charge in [-0.1, -0.05) is 11.6 Å². The van der Waals surface area contributed by atoms with Gasteiger partial charge >= 0.3 is 0 Å². The van der Waals surface area contributed by atoms with E-state index in [-0.39, 0.29) is 5.75 Å². The number of benzene rings is 1. The Kier molecular flexibility index (Phi) is 2.31. The number of nitrogens with two attached hydrogens (primary N) is 1. The van der Waals surface area contributed by atoms with Crippen LogP contribution in [-0.4, -0.2) is 25.0 Å². The molecular formula is C11H8ClN5O. The van der Waals surface area contributed by atoms with E-state index in [0.717, 1.165) is 0 Å². The summed E-state index contributed by atoms with van der Waals surface area (Å²) >= 11 is 5.89. The monoisotopic (exact) mass is 261 g/mol. The predicted molar refractivity (Wildman–Crippen MR) is 68.2 cm³/mol. The van der Waals surface area contributed by atoms with Crippen LogP contribution in [0.3, 0.4) is 0 Å². The highest BCUT2D eigenvalue weighted by molar-refractivity contribution is 6.30. The average molecular weight is 262 g/mol. The van der Waals surface area contributed by atoms with Crippen molar-refractivity contribution in [3.63, 3.8) is 0 Å². The molecule has 0 aliphatic rings. The van der Waals surface area contributed by atoms with Gasteiger partial charge in [0.15, 0.2) is 11.5 Å². The van der Waals surface area contributed by atoms with E-state index in [2.05, 4.69) is 19.9 Å². The number of H-pyrrole nitrogens is 1. The molecular weight excluding hydrogens is 254 g/mol. The van der Waals surface area contributed by atoms with Crippen molar-refractivity contribution in [2.75, 3.05) is 5.73 Å². The number of rotatable bonds is 1. The largest absolute Gasteiger partial charge is 0.507 e. The maximum Gasteiger partial charge on any atom is 0.183 e. The van der Waals surface area contributed by atoms with Gasteiger partial charge in [0.25, 0.3) is 0 Å². The summed E-state index contributed by atoms with van der Waals surface area (Å²) in [4.78, 5) is 15.1. The highest BCUT2D eigenvalue weighted by Crippen LogP contribution is 2.31. The van der Waals surface area contributed by atoms with Gasteiger partial charge in [0.2, 0.25) is 0 Å². The number of hydrogen-bond donors (Lipinski definition) is 3. The quantitative estimate of drug-likeness (QED) is 0.622. The molecule has 3 aromatic rings. The normalized spacial score (nSPS) is 10.9. The van der Waals surface area contributed by atoms with Gasteiger partial charge in [0, 0.05) is 5.02 Å². The molecule has 0 spiro atoms. The molecule has 4 N–H and O–H groups in total.